The van der Waals surface area contributed by atoms with E-state index in [4.69, 9.17) is 4.42 Å². The molecule has 21 heavy (non-hydrogen) atoms. The predicted molar refractivity (Wildman–Crippen MR) is 80.6 cm³/mol. The molecule has 0 radical (unpaired) electrons. The number of hydrogen-bond donors (Lipinski definition) is 0. The van der Waals surface area contributed by atoms with Gasteiger partial charge >= 0.3 is 0 Å². The topological polar surface area (TPSA) is 54.9 Å². The number of carbonyl (C=O) groups is 1. The third-order valence-corrected chi connectivity index (χ3v) is 4.00. The van der Waals surface area contributed by atoms with Crippen molar-refractivity contribution in [2.45, 2.75) is 18.8 Å². The van der Waals surface area contributed by atoms with E-state index in [1.165, 1.54) is 5.56 Å². The van der Waals surface area contributed by atoms with Crippen molar-refractivity contribution in [3.05, 3.63) is 53.8 Å². The Balaban J connectivity index is 1.80. The fraction of sp³-hybridized carbons (Fsp3) is 0.235. The van der Waals surface area contributed by atoms with Crippen LogP contribution >= 0.6 is 0 Å². The molecule has 104 valence electrons. The Morgan fingerprint density at radius 1 is 1.19 bits per heavy atom. The Morgan fingerprint density at radius 3 is 2.90 bits per heavy atom. The highest BCUT2D eigenvalue weighted by molar-refractivity contribution is 6.69. The van der Waals surface area contributed by atoms with Crippen molar-refractivity contribution in [2.24, 2.45) is 9.98 Å². The van der Waals surface area contributed by atoms with Crippen LogP contribution in [-0.2, 0) is 11.2 Å². The Labute approximate surface area is 122 Å². The summed E-state index contributed by atoms with van der Waals surface area (Å²) in [6, 6.07) is 12.2. The average Bonchev–Trinajstić information content (AvgIpc) is 2.97. The predicted octanol–water partition coefficient (Wildman–Crippen LogP) is 3.11. The van der Waals surface area contributed by atoms with Gasteiger partial charge in [-0.3, -0.25) is 9.79 Å². The van der Waals surface area contributed by atoms with Crippen LogP contribution in [-0.4, -0.2) is 23.8 Å². The van der Waals surface area contributed by atoms with E-state index in [0.717, 1.165) is 17.7 Å². The van der Waals surface area contributed by atoms with Crippen molar-refractivity contribution in [3.8, 4) is 0 Å². The van der Waals surface area contributed by atoms with Gasteiger partial charge in [-0.25, -0.2) is 4.99 Å². The van der Waals surface area contributed by atoms with E-state index in [1.54, 1.807) is 6.26 Å². The number of hydrogen-bond acceptors (Lipinski definition) is 4. The van der Waals surface area contributed by atoms with Gasteiger partial charge in [0.1, 0.15) is 5.71 Å². The van der Waals surface area contributed by atoms with E-state index in [1.807, 2.05) is 24.3 Å². The molecule has 4 rings (SSSR count). The van der Waals surface area contributed by atoms with E-state index < -0.39 is 0 Å². The Bertz CT molecular complexity index is 756. The molecule has 1 unspecified atom stereocenters. The molecule has 2 aliphatic rings. The number of fused-ring (bicyclic) bond motifs is 2. The molecule has 0 saturated carbocycles. The van der Waals surface area contributed by atoms with E-state index in [2.05, 4.69) is 22.1 Å². The van der Waals surface area contributed by atoms with E-state index >= 15 is 0 Å². The highest BCUT2D eigenvalue weighted by Gasteiger charge is 2.35. The summed E-state index contributed by atoms with van der Waals surface area (Å²) in [5.74, 6) is 0.679. The standard InChI is InChI=1S/C17H14N2O2/c20-14-6-8-18-15-13(10-11-4-2-1-3-5-11)12-7-9-21-17(12)19-16(14)15/h1-5,7,9,13H,6,8,10H2. The van der Waals surface area contributed by atoms with Crippen LogP contribution < -0.4 is 0 Å². The molecule has 0 aliphatic carbocycles. The molecule has 1 atom stereocenters. The quantitative estimate of drug-likeness (QED) is 0.847. The first-order valence-corrected chi connectivity index (χ1v) is 7.11. The maximum absolute atomic E-state index is 12.1. The Kier molecular flexibility index (Phi) is 2.81. The zero-order chi connectivity index (χ0) is 14.2. The molecular weight excluding hydrogens is 264 g/mol. The van der Waals surface area contributed by atoms with Gasteiger partial charge in [0, 0.05) is 24.4 Å². The minimum absolute atomic E-state index is 0.0536. The summed E-state index contributed by atoms with van der Waals surface area (Å²) in [4.78, 5) is 21.1. The minimum atomic E-state index is 0.0536. The lowest BCUT2D eigenvalue weighted by atomic mass is 9.82. The third kappa shape index (κ3) is 2.03. The van der Waals surface area contributed by atoms with Crippen molar-refractivity contribution in [3.63, 3.8) is 0 Å². The molecule has 2 aliphatic heterocycles. The second-order valence-corrected chi connectivity index (χ2v) is 5.32. The van der Waals surface area contributed by atoms with Gasteiger partial charge in [-0.15, -0.1) is 0 Å². The summed E-state index contributed by atoms with van der Waals surface area (Å²) in [7, 11) is 0. The number of benzene rings is 1. The van der Waals surface area contributed by atoms with Gasteiger partial charge in [0.05, 0.1) is 12.0 Å². The van der Waals surface area contributed by atoms with Crippen LogP contribution in [0.4, 0.5) is 5.88 Å². The summed E-state index contributed by atoms with van der Waals surface area (Å²) in [5.41, 5.74) is 3.56. The van der Waals surface area contributed by atoms with Gasteiger partial charge in [0.2, 0.25) is 5.88 Å². The molecule has 0 amide bonds. The molecule has 1 aromatic carbocycles. The van der Waals surface area contributed by atoms with Crippen molar-refractivity contribution >= 4 is 23.1 Å². The lowest BCUT2D eigenvalue weighted by Gasteiger charge is -2.25. The number of furan rings is 1. The second kappa shape index (κ2) is 4.81. The van der Waals surface area contributed by atoms with Crippen LogP contribution in [0.15, 0.2) is 57.1 Å². The number of carbonyl (C=O) groups excluding carboxylic acids is 1. The number of nitrogens with zero attached hydrogens (tertiary/aromatic N) is 2. The highest BCUT2D eigenvalue weighted by atomic mass is 16.3. The summed E-state index contributed by atoms with van der Waals surface area (Å²) in [6.45, 7) is 0.561. The van der Waals surface area contributed by atoms with Crippen LogP contribution in [0.25, 0.3) is 0 Å². The summed E-state index contributed by atoms with van der Waals surface area (Å²) < 4.78 is 5.43. The molecule has 1 aromatic heterocycles. The molecule has 4 heteroatoms. The van der Waals surface area contributed by atoms with Gasteiger partial charge in [0.15, 0.2) is 5.78 Å². The number of Topliss-reactive ketones (excluding diaryl/α,β-unsaturated/α-hetero) is 1. The molecule has 4 nitrogen and oxygen atoms in total. The first-order chi connectivity index (χ1) is 10.3. The van der Waals surface area contributed by atoms with Crippen molar-refractivity contribution in [1.82, 2.24) is 0 Å². The molecule has 0 saturated heterocycles. The summed E-state index contributed by atoms with van der Waals surface area (Å²) in [6.07, 6.45) is 2.88. The lowest BCUT2D eigenvalue weighted by molar-refractivity contribution is -0.112. The van der Waals surface area contributed by atoms with Crippen LogP contribution in [0.1, 0.15) is 23.5 Å². The Morgan fingerprint density at radius 2 is 2.05 bits per heavy atom. The van der Waals surface area contributed by atoms with Gasteiger partial charge in [-0.2, -0.15) is 0 Å². The fourth-order valence-corrected chi connectivity index (χ4v) is 2.98. The molecule has 2 aromatic rings. The van der Waals surface area contributed by atoms with Gasteiger partial charge < -0.3 is 4.42 Å². The van der Waals surface area contributed by atoms with Gasteiger partial charge in [-0.1, -0.05) is 30.3 Å². The van der Waals surface area contributed by atoms with Crippen LogP contribution in [0, 0.1) is 0 Å². The van der Waals surface area contributed by atoms with E-state index in [9.17, 15) is 4.79 Å². The first-order valence-electron chi connectivity index (χ1n) is 7.11. The van der Waals surface area contributed by atoms with E-state index in [0.29, 0.717) is 24.6 Å². The summed E-state index contributed by atoms with van der Waals surface area (Å²) in [5, 5.41) is 0. The molecular formula is C17H14N2O2. The third-order valence-electron chi connectivity index (χ3n) is 4.00. The smallest absolute Gasteiger partial charge is 0.223 e. The number of ketones is 1. The molecule has 0 spiro atoms. The average molecular weight is 278 g/mol. The molecule has 0 fully saturated rings. The van der Waals surface area contributed by atoms with Crippen molar-refractivity contribution in [2.75, 3.05) is 6.54 Å². The van der Waals surface area contributed by atoms with Crippen molar-refractivity contribution in [1.29, 1.82) is 0 Å². The highest BCUT2D eigenvalue weighted by Crippen LogP contribution is 2.37. The van der Waals surface area contributed by atoms with Gasteiger partial charge in [-0.05, 0) is 18.1 Å². The lowest BCUT2D eigenvalue weighted by Crippen LogP contribution is -2.36. The van der Waals surface area contributed by atoms with Crippen molar-refractivity contribution < 1.29 is 9.21 Å². The van der Waals surface area contributed by atoms with Gasteiger partial charge in [0.25, 0.3) is 0 Å². The number of rotatable bonds is 2. The minimum Gasteiger partial charge on any atom is -0.446 e. The molecule has 3 heterocycles. The normalized spacial score (nSPS) is 20.4. The zero-order valence-electron chi connectivity index (χ0n) is 11.5. The maximum Gasteiger partial charge on any atom is 0.223 e. The van der Waals surface area contributed by atoms with E-state index in [-0.39, 0.29) is 11.7 Å². The van der Waals surface area contributed by atoms with Crippen LogP contribution in [0.3, 0.4) is 0 Å². The fourth-order valence-electron chi connectivity index (χ4n) is 2.98. The number of aliphatic imine (C=N–C) groups is 2. The molecule has 0 N–H and O–H groups in total. The second-order valence-electron chi connectivity index (χ2n) is 5.32. The largest absolute Gasteiger partial charge is 0.446 e. The SMILES string of the molecule is O=C1CCN=C2C1=Nc1occc1C2Cc1ccccc1. The monoisotopic (exact) mass is 278 g/mol. The Hall–Kier alpha value is -2.49. The maximum atomic E-state index is 12.1. The zero-order valence-corrected chi connectivity index (χ0v) is 11.5. The van der Waals surface area contributed by atoms with Crippen LogP contribution in [0.2, 0.25) is 0 Å². The first kappa shape index (κ1) is 12.3. The summed E-state index contributed by atoms with van der Waals surface area (Å²) >= 11 is 0. The molecule has 0 bridgehead atoms. The van der Waals surface area contributed by atoms with Crippen LogP contribution in [0.5, 0.6) is 0 Å².